The molecule has 0 bridgehead atoms. The van der Waals surface area contributed by atoms with Crippen LogP contribution in [0.4, 0.5) is 4.39 Å². The number of nitrogens with zero attached hydrogens (tertiary/aromatic N) is 3. The molecule has 0 saturated heterocycles. The van der Waals surface area contributed by atoms with Gasteiger partial charge in [-0.25, -0.2) is 4.39 Å². The molecule has 0 unspecified atom stereocenters. The van der Waals surface area contributed by atoms with Crippen LogP contribution in [0, 0.1) is 17.7 Å². The van der Waals surface area contributed by atoms with Crippen molar-refractivity contribution in [2.24, 2.45) is 5.11 Å². The van der Waals surface area contributed by atoms with Crippen LogP contribution >= 0.6 is 0 Å². The number of rotatable bonds is 1. The Bertz CT molecular complexity index is 397. The van der Waals surface area contributed by atoms with E-state index >= 15 is 0 Å². The van der Waals surface area contributed by atoms with Crippen LogP contribution in [-0.4, -0.2) is 6.54 Å². The molecule has 0 aliphatic heterocycles. The minimum absolute atomic E-state index is 0.104. The highest BCUT2D eigenvalue weighted by Gasteiger charge is 1.88. The molecular formula is C9H6FN3. The van der Waals surface area contributed by atoms with Gasteiger partial charge in [-0.2, -0.15) is 0 Å². The van der Waals surface area contributed by atoms with Gasteiger partial charge < -0.3 is 0 Å². The summed E-state index contributed by atoms with van der Waals surface area (Å²) < 4.78 is 12.6. The molecule has 0 saturated carbocycles. The van der Waals surface area contributed by atoms with Gasteiger partial charge in [0.2, 0.25) is 0 Å². The van der Waals surface area contributed by atoms with Crippen molar-refractivity contribution in [1.29, 1.82) is 0 Å². The molecule has 64 valence electrons. The second-order valence-electron chi connectivity index (χ2n) is 2.20. The van der Waals surface area contributed by atoms with E-state index in [0.717, 1.165) is 0 Å². The maximum Gasteiger partial charge on any atom is 0.124 e. The minimum Gasteiger partial charge on any atom is -0.207 e. The molecule has 1 aromatic carbocycles. The first-order chi connectivity index (χ1) is 6.33. The minimum atomic E-state index is -0.324. The molecule has 0 N–H and O–H groups in total. The molecule has 0 atom stereocenters. The Kier molecular flexibility index (Phi) is 3.37. The molecule has 13 heavy (non-hydrogen) atoms. The largest absolute Gasteiger partial charge is 0.207 e. The van der Waals surface area contributed by atoms with Crippen LogP contribution in [0.15, 0.2) is 29.4 Å². The van der Waals surface area contributed by atoms with Crippen molar-refractivity contribution in [3.05, 3.63) is 46.1 Å². The highest BCUT2D eigenvalue weighted by atomic mass is 19.1. The standard InChI is InChI=1S/C9H6FN3/c10-9-5-1-3-8(7-9)4-2-6-12-13-11/h1,3,5,7H,6H2. The third-order valence-electron chi connectivity index (χ3n) is 1.27. The van der Waals surface area contributed by atoms with E-state index in [4.69, 9.17) is 5.53 Å². The molecule has 4 heteroatoms. The molecule has 3 nitrogen and oxygen atoms in total. The third kappa shape index (κ3) is 3.28. The molecule has 0 heterocycles. The van der Waals surface area contributed by atoms with Crippen molar-refractivity contribution in [3.63, 3.8) is 0 Å². The Morgan fingerprint density at radius 2 is 2.38 bits per heavy atom. The zero-order valence-corrected chi connectivity index (χ0v) is 6.74. The fourth-order valence-electron chi connectivity index (χ4n) is 0.775. The van der Waals surface area contributed by atoms with Gasteiger partial charge in [0.25, 0.3) is 0 Å². The maximum absolute atomic E-state index is 12.6. The van der Waals surface area contributed by atoms with E-state index < -0.39 is 0 Å². The van der Waals surface area contributed by atoms with Crippen molar-refractivity contribution in [2.75, 3.05) is 6.54 Å². The summed E-state index contributed by atoms with van der Waals surface area (Å²) in [7, 11) is 0. The van der Waals surface area contributed by atoms with Gasteiger partial charge in [-0.15, -0.1) is 0 Å². The van der Waals surface area contributed by atoms with Crippen LogP contribution in [0.5, 0.6) is 0 Å². The van der Waals surface area contributed by atoms with Gasteiger partial charge in [0.05, 0.1) is 6.54 Å². The summed E-state index contributed by atoms with van der Waals surface area (Å²) in [6.45, 7) is 0.104. The van der Waals surface area contributed by atoms with E-state index in [-0.39, 0.29) is 12.4 Å². The molecule has 0 aliphatic carbocycles. The second-order valence-corrected chi connectivity index (χ2v) is 2.20. The fourth-order valence-corrected chi connectivity index (χ4v) is 0.775. The zero-order chi connectivity index (χ0) is 9.52. The average molecular weight is 175 g/mol. The predicted molar refractivity (Wildman–Crippen MR) is 47.3 cm³/mol. The summed E-state index contributed by atoms with van der Waals surface area (Å²) in [5, 5.41) is 3.22. The van der Waals surface area contributed by atoms with Crippen LogP contribution in [0.3, 0.4) is 0 Å². The Hall–Kier alpha value is -1.98. The molecule has 0 amide bonds. The average Bonchev–Trinajstić information content (AvgIpc) is 2.13. The van der Waals surface area contributed by atoms with Gasteiger partial charge in [-0.1, -0.05) is 23.0 Å². The normalized spacial score (nSPS) is 8.08. The zero-order valence-electron chi connectivity index (χ0n) is 6.74. The summed E-state index contributed by atoms with van der Waals surface area (Å²) in [6, 6.07) is 5.93. The smallest absolute Gasteiger partial charge is 0.124 e. The molecule has 0 fully saturated rings. The van der Waals surface area contributed by atoms with E-state index in [2.05, 4.69) is 21.9 Å². The lowest BCUT2D eigenvalue weighted by Crippen LogP contribution is -1.77. The summed E-state index contributed by atoms with van der Waals surface area (Å²) in [6.07, 6.45) is 0. The predicted octanol–water partition coefficient (Wildman–Crippen LogP) is 2.49. The van der Waals surface area contributed by atoms with Gasteiger partial charge in [-0.05, 0) is 23.7 Å². The molecule has 0 aliphatic rings. The lowest BCUT2D eigenvalue weighted by Gasteiger charge is -1.88. The van der Waals surface area contributed by atoms with E-state index in [9.17, 15) is 4.39 Å². The van der Waals surface area contributed by atoms with Crippen molar-refractivity contribution in [1.82, 2.24) is 0 Å². The van der Waals surface area contributed by atoms with Crippen LogP contribution in [-0.2, 0) is 0 Å². The van der Waals surface area contributed by atoms with E-state index in [1.165, 1.54) is 12.1 Å². The van der Waals surface area contributed by atoms with Gasteiger partial charge in [0, 0.05) is 10.5 Å². The van der Waals surface area contributed by atoms with Gasteiger partial charge in [0.1, 0.15) is 5.82 Å². The number of azide groups is 1. The Balaban J connectivity index is 2.71. The Morgan fingerprint density at radius 3 is 3.08 bits per heavy atom. The van der Waals surface area contributed by atoms with Gasteiger partial charge in [-0.3, -0.25) is 0 Å². The van der Waals surface area contributed by atoms with Crippen LogP contribution in [0.1, 0.15) is 5.56 Å². The number of benzene rings is 1. The first-order valence-corrected chi connectivity index (χ1v) is 3.58. The molecule has 0 radical (unpaired) electrons. The Labute approximate surface area is 74.8 Å². The van der Waals surface area contributed by atoms with E-state index in [1.807, 2.05) is 0 Å². The number of hydrogen-bond donors (Lipinski definition) is 0. The second kappa shape index (κ2) is 4.81. The summed E-state index contributed by atoms with van der Waals surface area (Å²) >= 11 is 0. The highest BCUT2D eigenvalue weighted by molar-refractivity contribution is 5.34. The Morgan fingerprint density at radius 1 is 1.54 bits per heavy atom. The first-order valence-electron chi connectivity index (χ1n) is 3.58. The van der Waals surface area contributed by atoms with E-state index in [1.54, 1.807) is 12.1 Å². The highest BCUT2D eigenvalue weighted by Crippen LogP contribution is 2.00. The fraction of sp³-hybridized carbons (Fsp3) is 0.111. The summed E-state index contributed by atoms with van der Waals surface area (Å²) in [4.78, 5) is 2.53. The first kappa shape index (κ1) is 9.11. The third-order valence-corrected chi connectivity index (χ3v) is 1.27. The lowest BCUT2D eigenvalue weighted by molar-refractivity contribution is 0.627. The van der Waals surface area contributed by atoms with Gasteiger partial charge in [0.15, 0.2) is 0 Å². The van der Waals surface area contributed by atoms with Crippen LogP contribution in [0.2, 0.25) is 0 Å². The van der Waals surface area contributed by atoms with Gasteiger partial charge >= 0.3 is 0 Å². The number of hydrogen-bond acceptors (Lipinski definition) is 1. The lowest BCUT2D eigenvalue weighted by atomic mass is 10.2. The van der Waals surface area contributed by atoms with E-state index in [0.29, 0.717) is 5.56 Å². The monoisotopic (exact) mass is 175 g/mol. The number of halogens is 1. The quantitative estimate of drug-likeness (QED) is 0.272. The molecular weight excluding hydrogens is 169 g/mol. The van der Waals surface area contributed by atoms with Crippen molar-refractivity contribution < 1.29 is 4.39 Å². The van der Waals surface area contributed by atoms with Crippen LogP contribution < -0.4 is 0 Å². The topological polar surface area (TPSA) is 48.8 Å². The van der Waals surface area contributed by atoms with Crippen molar-refractivity contribution in [2.45, 2.75) is 0 Å². The molecule has 1 aromatic rings. The maximum atomic E-state index is 12.6. The molecule has 0 aromatic heterocycles. The van der Waals surface area contributed by atoms with Crippen molar-refractivity contribution in [3.8, 4) is 11.8 Å². The summed E-state index contributed by atoms with van der Waals surface area (Å²) in [5.41, 5.74) is 8.52. The van der Waals surface area contributed by atoms with Crippen LogP contribution in [0.25, 0.3) is 10.4 Å². The summed E-state index contributed by atoms with van der Waals surface area (Å²) in [5.74, 6) is 4.93. The van der Waals surface area contributed by atoms with Crippen molar-refractivity contribution >= 4 is 0 Å². The SMILES string of the molecule is [N-]=[N+]=NCC#Cc1cccc(F)c1. The molecule has 1 rings (SSSR count). The molecule has 0 spiro atoms.